The molecule has 0 bridgehead atoms. The molecule has 1 aliphatic heterocycles. The van der Waals surface area contributed by atoms with Gasteiger partial charge in [-0.2, -0.15) is 10.4 Å². The molecular weight excluding hydrogens is 362 g/mol. The van der Waals surface area contributed by atoms with E-state index in [0.717, 1.165) is 46.1 Å². The van der Waals surface area contributed by atoms with Gasteiger partial charge in [0.25, 0.3) is 0 Å². The number of aromatic carboxylic acids is 1. The van der Waals surface area contributed by atoms with Crippen LogP contribution in [0, 0.1) is 18.3 Å². The quantitative estimate of drug-likeness (QED) is 0.700. The fourth-order valence-corrected chi connectivity index (χ4v) is 4.25. The van der Waals surface area contributed by atoms with E-state index < -0.39 is 5.97 Å². The zero-order valence-electron chi connectivity index (χ0n) is 14.7. The Morgan fingerprint density at radius 3 is 2.89 bits per heavy atom. The van der Waals surface area contributed by atoms with Gasteiger partial charge in [-0.15, -0.1) is 0 Å². The van der Waals surface area contributed by atoms with E-state index in [1.54, 1.807) is 22.1 Å². The van der Waals surface area contributed by atoms with Crippen LogP contribution in [0.4, 0.5) is 5.13 Å². The summed E-state index contributed by atoms with van der Waals surface area (Å²) in [6.45, 7) is 3.95. The first-order chi connectivity index (χ1) is 13.0. The Balaban J connectivity index is 1.77. The van der Waals surface area contributed by atoms with Crippen LogP contribution < -0.4 is 4.90 Å². The Kier molecular flexibility index (Phi) is 4.38. The summed E-state index contributed by atoms with van der Waals surface area (Å²) in [5.74, 6) is -1.05. The highest BCUT2D eigenvalue weighted by atomic mass is 32.1. The minimum absolute atomic E-state index is 0.0132. The van der Waals surface area contributed by atoms with Crippen molar-refractivity contribution in [3.8, 4) is 6.07 Å². The molecule has 0 saturated carbocycles. The third-order valence-electron chi connectivity index (χ3n) is 4.54. The standard InChI is InChI=1S/C19H17N5O2S/c1-12-7-15(18(25)26)22-24(12)11-14-8-13(10-20)9-16-17(14)21-19(27-16)23-5-3-2-4-6-23/h2-3,7-9H,4-6,11H2,1H3,(H,25,26). The van der Waals surface area contributed by atoms with E-state index >= 15 is 0 Å². The van der Waals surface area contributed by atoms with Crippen LogP contribution in [0.25, 0.3) is 10.2 Å². The van der Waals surface area contributed by atoms with Gasteiger partial charge in [-0.25, -0.2) is 9.78 Å². The predicted molar refractivity (Wildman–Crippen MR) is 103 cm³/mol. The van der Waals surface area contributed by atoms with Crippen molar-refractivity contribution in [2.24, 2.45) is 0 Å². The number of rotatable bonds is 4. The molecule has 0 amide bonds. The molecule has 4 rings (SSSR count). The predicted octanol–water partition coefficient (Wildman–Crippen LogP) is 3.19. The molecule has 0 atom stereocenters. The van der Waals surface area contributed by atoms with Crippen LogP contribution in [0.3, 0.4) is 0 Å². The maximum atomic E-state index is 11.2. The highest BCUT2D eigenvalue weighted by Gasteiger charge is 2.17. The van der Waals surface area contributed by atoms with E-state index in [4.69, 9.17) is 10.1 Å². The topological polar surface area (TPSA) is 95.0 Å². The molecule has 7 nitrogen and oxygen atoms in total. The number of carboxylic acids is 1. The number of fused-ring (bicyclic) bond motifs is 1. The number of carbonyl (C=O) groups is 1. The summed E-state index contributed by atoms with van der Waals surface area (Å²) in [7, 11) is 0. The van der Waals surface area contributed by atoms with Crippen LogP contribution in [-0.2, 0) is 6.54 Å². The summed E-state index contributed by atoms with van der Waals surface area (Å²) in [6.07, 6.45) is 5.30. The summed E-state index contributed by atoms with van der Waals surface area (Å²) < 4.78 is 2.60. The molecule has 2 aromatic heterocycles. The molecule has 0 saturated heterocycles. The molecule has 1 N–H and O–H groups in total. The van der Waals surface area contributed by atoms with Gasteiger partial charge in [0.05, 0.1) is 28.4 Å². The van der Waals surface area contributed by atoms with Crippen LogP contribution >= 0.6 is 11.3 Å². The van der Waals surface area contributed by atoms with E-state index in [1.165, 1.54) is 0 Å². The molecule has 3 aromatic rings. The molecule has 136 valence electrons. The highest BCUT2D eigenvalue weighted by Crippen LogP contribution is 2.33. The van der Waals surface area contributed by atoms with Gasteiger partial charge in [0.15, 0.2) is 10.8 Å². The first-order valence-electron chi connectivity index (χ1n) is 8.56. The van der Waals surface area contributed by atoms with E-state index in [-0.39, 0.29) is 5.69 Å². The Labute approximate surface area is 159 Å². The smallest absolute Gasteiger partial charge is 0.356 e. The number of hydrogen-bond acceptors (Lipinski definition) is 6. The van der Waals surface area contributed by atoms with Crippen molar-refractivity contribution in [3.05, 3.63) is 52.9 Å². The Morgan fingerprint density at radius 1 is 1.37 bits per heavy atom. The molecule has 0 aliphatic carbocycles. The van der Waals surface area contributed by atoms with E-state index in [2.05, 4.69) is 28.2 Å². The molecule has 8 heteroatoms. The van der Waals surface area contributed by atoms with Gasteiger partial charge in [0, 0.05) is 24.3 Å². The Morgan fingerprint density at radius 2 is 2.22 bits per heavy atom. The van der Waals surface area contributed by atoms with Crippen molar-refractivity contribution < 1.29 is 9.90 Å². The van der Waals surface area contributed by atoms with Crippen LogP contribution in [0.2, 0.25) is 0 Å². The summed E-state index contributed by atoms with van der Waals surface area (Å²) in [6, 6.07) is 7.41. The second-order valence-electron chi connectivity index (χ2n) is 6.43. The number of aryl methyl sites for hydroxylation is 1. The van der Waals surface area contributed by atoms with Crippen molar-refractivity contribution >= 4 is 32.7 Å². The summed E-state index contributed by atoms with van der Waals surface area (Å²) in [5.41, 5.74) is 3.03. The molecule has 1 aliphatic rings. The molecule has 3 heterocycles. The van der Waals surface area contributed by atoms with Crippen LogP contribution in [0.15, 0.2) is 30.4 Å². The SMILES string of the molecule is Cc1cc(C(=O)O)nn1Cc1cc(C#N)cc2sc(N3CC=CCC3)nc12. The number of carboxylic acid groups (broad SMARTS) is 1. The molecule has 0 unspecified atom stereocenters. The van der Waals surface area contributed by atoms with Crippen LogP contribution in [0.1, 0.15) is 33.7 Å². The molecule has 0 fully saturated rings. The van der Waals surface area contributed by atoms with E-state index in [0.29, 0.717) is 12.1 Å². The van der Waals surface area contributed by atoms with Gasteiger partial charge in [0.1, 0.15) is 0 Å². The lowest BCUT2D eigenvalue weighted by atomic mass is 10.1. The number of nitrogens with zero attached hydrogens (tertiary/aromatic N) is 5. The molecule has 27 heavy (non-hydrogen) atoms. The lowest BCUT2D eigenvalue weighted by molar-refractivity contribution is 0.0689. The van der Waals surface area contributed by atoms with E-state index in [9.17, 15) is 10.1 Å². The van der Waals surface area contributed by atoms with Gasteiger partial charge in [0.2, 0.25) is 0 Å². The number of nitriles is 1. The monoisotopic (exact) mass is 379 g/mol. The van der Waals surface area contributed by atoms with Gasteiger partial charge in [-0.1, -0.05) is 23.5 Å². The fourth-order valence-electron chi connectivity index (χ4n) is 3.16. The molecule has 1 aromatic carbocycles. The fraction of sp³-hybridized carbons (Fsp3) is 0.263. The maximum Gasteiger partial charge on any atom is 0.356 e. The number of hydrogen-bond donors (Lipinski definition) is 1. The number of anilines is 1. The van der Waals surface area contributed by atoms with Crippen molar-refractivity contribution in [1.82, 2.24) is 14.8 Å². The van der Waals surface area contributed by atoms with Crippen molar-refractivity contribution in [1.29, 1.82) is 5.26 Å². The minimum Gasteiger partial charge on any atom is -0.476 e. The second kappa shape index (κ2) is 6.85. The second-order valence-corrected chi connectivity index (χ2v) is 7.44. The first kappa shape index (κ1) is 17.2. The Hall–Kier alpha value is -3.18. The van der Waals surface area contributed by atoms with Crippen LogP contribution in [-0.4, -0.2) is 38.9 Å². The number of thiazole rings is 1. The first-order valence-corrected chi connectivity index (χ1v) is 9.38. The third-order valence-corrected chi connectivity index (χ3v) is 5.60. The lowest BCUT2D eigenvalue weighted by Gasteiger charge is -2.22. The number of aromatic nitrogens is 3. The average Bonchev–Trinajstić information content (AvgIpc) is 3.26. The highest BCUT2D eigenvalue weighted by molar-refractivity contribution is 7.22. The average molecular weight is 379 g/mol. The summed E-state index contributed by atoms with van der Waals surface area (Å²) in [4.78, 5) is 18.2. The van der Waals surface area contributed by atoms with E-state index in [1.807, 2.05) is 19.1 Å². The maximum absolute atomic E-state index is 11.2. The summed E-state index contributed by atoms with van der Waals surface area (Å²) in [5, 5.41) is 23.6. The zero-order valence-corrected chi connectivity index (χ0v) is 15.5. The van der Waals surface area contributed by atoms with Gasteiger partial charge in [-0.3, -0.25) is 4.68 Å². The lowest BCUT2D eigenvalue weighted by Crippen LogP contribution is -2.26. The third kappa shape index (κ3) is 3.29. The minimum atomic E-state index is -1.05. The van der Waals surface area contributed by atoms with Crippen LogP contribution in [0.5, 0.6) is 0 Å². The van der Waals surface area contributed by atoms with Crippen molar-refractivity contribution in [2.45, 2.75) is 19.9 Å². The largest absolute Gasteiger partial charge is 0.476 e. The van der Waals surface area contributed by atoms with Gasteiger partial charge >= 0.3 is 5.97 Å². The number of benzene rings is 1. The molecular formula is C19H17N5O2S. The molecule has 0 radical (unpaired) electrons. The Bertz CT molecular complexity index is 1110. The van der Waals surface area contributed by atoms with Crippen molar-refractivity contribution in [3.63, 3.8) is 0 Å². The normalized spacial score (nSPS) is 13.9. The molecule has 0 spiro atoms. The van der Waals surface area contributed by atoms with Gasteiger partial charge < -0.3 is 10.0 Å². The van der Waals surface area contributed by atoms with Crippen molar-refractivity contribution in [2.75, 3.05) is 18.0 Å². The zero-order chi connectivity index (χ0) is 19.0. The summed E-state index contributed by atoms with van der Waals surface area (Å²) >= 11 is 1.58. The van der Waals surface area contributed by atoms with Gasteiger partial charge in [-0.05, 0) is 31.5 Å².